The minimum atomic E-state index is -3.88. The highest BCUT2D eigenvalue weighted by Crippen LogP contribution is 2.24. The maximum atomic E-state index is 12.6. The van der Waals surface area contributed by atoms with Crippen LogP contribution in [0.15, 0.2) is 0 Å². The fraction of sp³-hybridized carbons (Fsp3) is 0.909. The van der Waals surface area contributed by atoms with Crippen molar-refractivity contribution in [3.63, 3.8) is 0 Å². The van der Waals surface area contributed by atoms with E-state index in [1.807, 2.05) is 0 Å². The van der Waals surface area contributed by atoms with E-state index < -0.39 is 32.2 Å². The maximum Gasteiger partial charge on any atom is 0.322 e. The SMILES string of the molecule is CS(=O)(=O)N1CCN(S(=O)(=O)N2CCCCC2C(=O)O)CC1. The van der Waals surface area contributed by atoms with Gasteiger partial charge in [0.25, 0.3) is 10.2 Å². The fourth-order valence-electron chi connectivity index (χ4n) is 2.81. The van der Waals surface area contributed by atoms with Crippen LogP contribution in [-0.2, 0) is 25.0 Å². The van der Waals surface area contributed by atoms with Gasteiger partial charge in [0.2, 0.25) is 10.0 Å². The van der Waals surface area contributed by atoms with Crippen molar-refractivity contribution in [3.05, 3.63) is 0 Å². The first-order chi connectivity index (χ1) is 10.1. The molecule has 128 valence electrons. The van der Waals surface area contributed by atoms with E-state index in [2.05, 4.69) is 0 Å². The number of sulfonamides is 1. The monoisotopic (exact) mass is 355 g/mol. The van der Waals surface area contributed by atoms with E-state index in [1.54, 1.807) is 0 Å². The number of piperidine rings is 1. The molecule has 2 saturated heterocycles. The molecule has 2 aliphatic rings. The summed E-state index contributed by atoms with van der Waals surface area (Å²) >= 11 is 0. The number of hydrogen-bond donors (Lipinski definition) is 1. The summed E-state index contributed by atoms with van der Waals surface area (Å²) in [5.41, 5.74) is 0. The van der Waals surface area contributed by atoms with Crippen LogP contribution in [-0.4, -0.2) is 85.8 Å². The van der Waals surface area contributed by atoms with E-state index in [1.165, 1.54) is 8.61 Å². The molecule has 0 saturated carbocycles. The Labute approximate surface area is 130 Å². The molecule has 2 fully saturated rings. The largest absolute Gasteiger partial charge is 0.480 e. The summed E-state index contributed by atoms with van der Waals surface area (Å²) in [5.74, 6) is -1.14. The first-order valence-electron chi connectivity index (χ1n) is 7.09. The smallest absolute Gasteiger partial charge is 0.322 e. The van der Waals surface area contributed by atoms with E-state index in [0.717, 1.165) is 10.6 Å². The second-order valence-corrected chi connectivity index (χ2v) is 9.39. The second kappa shape index (κ2) is 6.40. The van der Waals surface area contributed by atoms with Crippen molar-refractivity contribution in [1.82, 2.24) is 12.9 Å². The molecule has 0 aliphatic carbocycles. The van der Waals surface area contributed by atoms with Crippen molar-refractivity contribution in [2.75, 3.05) is 39.0 Å². The lowest BCUT2D eigenvalue weighted by molar-refractivity contribution is -0.142. The fourth-order valence-corrected chi connectivity index (χ4v) is 5.43. The lowest BCUT2D eigenvalue weighted by Gasteiger charge is -2.39. The van der Waals surface area contributed by atoms with Gasteiger partial charge in [-0.3, -0.25) is 4.79 Å². The number of carboxylic acids is 1. The minimum Gasteiger partial charge on any atom is -0.480 e. The minimum absolute atomic E-state index is 0.0399. The maximum absolute atomic E-state index is 12.6. The van der Waals surface area contributed by atoms with Gasteiger partial charge in [0, 0.05) is 32.7 Å². The lowest BCUT2D eigenvalue weighted by Crippen LogP contribution is -2.57. The summed E-state index contributed by atoms with van der Waals surface area (Å²) in [4.78, 5) is 11.3. The first kappa shape index (κ1) is 17.6. The Hall–Kier alpha value is -0.750. The predicted octanol–water partition coefficient (Wildman–Crippen LogP) is -1.25. The van der Waals surface area contributed by atoms with Gasteiger partial charge >= 0.3 is 5.97 Å². The van der Waals surface area contributed by atoms with Crippen LogP contribution in [0.5, 0.6) is 0 Å². The van der Waals surface area contributed by atoms with E-state index in [-0.39, 0.29) is 32.7 Å². The van der Waals surface area contributed by atoms with Crippen molar-refractivity contribution in [2.24, 2.45) is 0 Å². The molecule has 0 radical (unpaired) electrons. The molecule has 9 nitrogen and oxygen atoms in total. The summed E-state index contributed by atoms with van der Waals surface area (Å²) in [6.07, 6.45) is 2.71. The number of carbonyl (C=O) groups is 1. The second-order valence-electron chi connectivity index (χ2n) is 5.53. The van der Waals surface area contributed by atoms with E-state index in [0.29, 0.717) is 19.3 Å². The molecule has 0 spiro atoms. The van der Waals surface area contributed by atoms with Gasteiger partial charge in [-0.1, -0.05) is 0 Å². The summed E-state index contributed by atoms with van der Waals surface area (Å²) in [6, 6.07) is -1.04. The molecule has 0 aromatic carbocycles. The molecule has 2 rings (SSSR count). The lowest BCUT2D eigenvalue weighted by atomic mass is 10.1. The molecular weight excluding hydrogens is 334 g/mol. The normalized spacial score (nSPS) is 26.9. The summed E-state index contributed by atoms with van der Waals surface area (Å²) in [7, 11) is -7.22. The molecule has 0 bridgehead atoms. The van der Waals surface area contributed by atoms with Crippen molar-refractivity contribution in [1.29, 1.82) is 0 Å². The Kier molecular flexibility index (Phi) is 5.12. The highest BCUT2D eigenvalue weighted by molar-refractivity contribution is 7.88. The molecular formula is C11H21N3O6S2. The molecule has 1 N–H and O–H groups in total. The van der Waals surface area contributed by atoms with Gasteiger partial charge in [-0.15, -0.1) is 0 Å². The van der Waals surface area contributed by atoms with Crippen molar-refractivity contribution < 1.29 is 26.7 Å². The molecule has 1 atom stereocenters. The number of piperazine rings is 1. The molecule has 22 heavy (non-hydrogen) atoms. The average molecular weight is 355 g/mol. The highest BCUT2D eigenvalue weighted by Gasteiger charge is 2.41. The van der Waals surface area contributed by atoms with Crippen molar-refractivity contribution >= 4 is 26.2 Å². The number of rotatable bonds is 4. The summed E-state index contributed by atoms with van der Waals surface area (Å²) < 4.78 is 51.6. The number of carboxylic acid groups (broad SMARTS) is 1. The Morgan fingerprint density at radius 2 is 1.50 bits per heavy atom. The molecule has 0 amide bonds. The third kappa shape index (κ3) is 3.59. The van der Waals surface area contributed by atoms with E-state index in [4.69, 9.17) is 0 Å². The van der Waals surface area contributed by atoms with E-state index in [9.17, 15) is 26.7 Å². The molecule has 0 aromatic rings. The van der Waals surface area contributed by atoms with Crippen LogP contribution < -0.4 is 0 Å². The van der Waals surface area contributed by atoms with Crippen LogP contribution in [0, 0.1) is 0 Å². The van der Waals surface area contributed by atoms with Gasteiger partial charge in [-0.05, 0) is 19.3 Å². The Morgan fingerprint density at radius 3 is 2.00 bits per heavy atom. The molecule has 11 heteroatoms. The quantitative estimate of drug-likeness (QED) is 0.673. The van der Waals surface area contributed by atoms with Gasteiger partial charge in [0.1, 0.15) is 6.04 Å². The third-order valence-electron chi connectivity index (χ3n) is 4.03. The van der Waals surface area contributed by atoms with Crippen LogP contribution in [0.3, 0.4) is 0 Å². The Bertz CT molecular complexity index is 624. The van der Waals surface area contributed by atoms with Crippen molar-refractivity contribution in [2.45, 2.75) is 25.3 Å². The molecule has 2 aliphatic heterocycles. The van der Waals surface area contributed by atoms with Gasteiger partial charge in [-0.25, -0.2) is 8.42 Å². The van der Waals surface area contributed by atoms with Crippen LogP contribution in [0.2, 0.25) is 0 Å². The number of aliphatic carboxylic acids is 1. The molecule has 1 unspecified atom stereocenters. The standard InChI is InChI=1S/C11H21N3O6S2/c1-21(17,18)12-6-8-13(9-7-12)22(19,20)14-5-3-2-4-10(14)11(15)16/h10H,2-9H2,1H3,(H,15,16). The van der Waals surface area contributed by atoms with Crippen molar-refractivity contribution in [3.8, 4) is 0 Å². The first-order valence-corrected chi connectivity index (χ1v) is 10.3. The summed E-state index contributed by atoms with van der Waals surface area (Å²) in [5, 5.41) is 9.21. The third-order valence-corrected chi connectivity index (χ3v) is 7.38. The average Bonchev–Trinajstić information content (AvgIpc) is 2.46. The summed E-state index contributed by atoms with van der Waals surface area (Å²) in [6.45, 7) is 0.440. The van der Waals surface area contributed by atoms with Crippen LogP contribution >= 0.6 is 0 Å². The van der Waals surface area contributed by atoms with Crippen LogP contribution in [0.1, 0.15) is 19.3 Å². The van der Waals surface area contributed by atoms with Gasteiger partial charge in [0.05, 0.1) is 6.26 Å². The zero-order chi connectivity index (χ0) is 16.5. The topological polar surface area (TPSA) is 115 Å². The zero-order valence-corrected chi connectivity index (χ0v) is 14.0. The number of nitrogens with zero attached hydrogens (tertiary/aromatic N) is 3. The Balaban J connectivity index is 2.12. The molecule has 2 heterocycles. The Morgan fingerprint density at radius 1 is 0.955 bits per heavy atom. The van der Waals surface area contributed by atoms with E-state index >= 15 is 0 Å². The van der Waals surface area contributed by atoms with Crippen LogP contribution in [0.4, 0.5) is 0 Å². The number of hydrogen-bond acceptors (Lipinski definition) is 5. The van der Waals surface area contributed by atoms with Gasteiger partial charge < -0.3 is 5.11 Å². The zero-order valence-electron chi connectivity index (χ0n) is 12.4. The molecule has 0 aromatic heterocycles. The van der Waals surface area contributed by atoms with Crippen LogP contribution in [0.25, 0.3) is 0 Å². The van der Waals surface area contributed by atoms with Gasteiger partial charge in [0.15, 0.2) is 0 Å². The highest BCUT2D eigenvalue weighted by atomic mass is 32.2. The van der Waals surface area contributed by atoms with Gasteiger partial charge in [-0.2, -0.15) is 21.3 Å². The predicted molar refractivity (Wildman–Crippen MR) is 78.9 cm³/mol.